The number of fused-ring (bicyclic) bond motifs is 1. The molecule has 0 atom stereocenters. The topological polar surface area (TPSA) is 66.8 Å². The average molecular weight is 394 g/mol. The van der Waals surface area contributed by atoms with E-state index in [-0.39, 0.29) is 5.56 Å². The highest BCUT2D eigenvalue weighted by Gasteiger charge is 2.14. The van der Waals surface area contributed by atoms with Gasteiger partial charge in [0.2, 0.25) is 0 Å². The molecule has 0 unspecified atom stereocenters. The van der Waals surface area contributed by atoms with Crippen LogP contribution in [0.15, 0.2) is 44.9 Å². The molecule has 2 aromatic heterocycles. The first-order valence-electron chi connectivity index (χ1n) is 7.06. The summed E-state index contributed by atoms with van der Waals surface area (Å²) in [6.45, 7) is 0.905. The van der Waals surface area contributed by atoms with E-state index in [1.807, 2.05) is 38.4 Å². The molecule has 3 rings (SSSR count). The van der Waals surface area contributed by atoms with E-state index in [2.05, 4.69) is 36.0 Å². The molecule has 0 aliphatic heterocycles. The van der Waals surface area contributed by atoms with Gasteiger partial charge in [0.15, 0.2) is 10.8 Å². The second-order valence-corrected chi connectivity index (χ2v) is 7.27. The van der Waals surface area contributed by atoms with E-state index in [0.29, 0.717) is 16.2 Å². The highest BCUT2D eigenvalue weighted by Crippen LogP contribution is 2.21. The molecule has 0 fully saturated rings. The number of hydrogen-bond donors (Lipinski definition) is 1. The predicted molar refractivity (Wildman–Crippen MR) is 96.5 cm³/mol. The van der Waals surface area contributed by atoms with Crippen LogP contribution in [0.4, 0.5) is 0 Å². The van der Waals surface area contributed by atoms with Crippen molar-refractivity contribution in [2.75, 3.05) is 26.4 Å². The van der Waals surface area contributed by atoms with Crippen LogP contribution in [0.25, 0.3) is 16.7 Å². The molecule has 3 aromatic rings. The first-order valence-corrected chi connectivity index (χ1v) is 8.84. The maximum absolute atomic E-state index is 12.8. The molecule has 0 bridgehead atoms. The molecule has 8 heteroatoms. The van der Waals surface area contributed by atoms with Gasteiger partial charge >= 0.3 is 0 Å². The first kappa shape index (κ1) is 16.2. The number of halogens is 1. The fourth-order valence-electron chi connectivity index (χ4n) is 2.11. The van der Waals surface area contributed by atoms with Gasteiger partial charge in [-0.3, -0.25) is 14.5 Å². The summed E-state index contributed by atoms with van der Waals surface area (Å²) in [5.41, 5.74) is 1.20. The second kappa shape index (κ2) is 6.86. The Hall–Kier alpha value is -1.64. The molecule has 23 heavy (non-hydrogen) atoms. The summed E-state index contributed by atoms with van der Waals surface area (Å²) in [4.78, 5) is 19.5. The first-order chi connectivity index (χ1) is 11.1. The molecule has 0 saturated heterocycles. The molecule has 2 heterocycles. The molecule has 0 aliphatic carbocycles. The van der Waals surface area contributed by atoms with Crippen LogP contribution in [0.3, 0.4) is 0 Å². The Balaban J connectivity index is 2.10. The zero-order valence-electron chi connectivity index (χ0n) is 12.8. The number of nitrogens with zero attached hydrogens (tertiary/aromatic N) is 4. The van der Waals surface area contributed by atoms with Gasteiger partial charge in [-0.15, -0.1) is 0 Å². The third kappa shape index (κ3) is 3.49. The quantitative estimate of drug-likeness (QED) is 0.532. The highest BCUT2D eigenvalue weighted by atomic mass is 79.9. The van der Waals surface area contributed by atoms with Crippen LogP contribution in [0.2, 0.25) is 0 Å². The van der Waals surface area contributed by atoms with Crippen LogP contribution < -0.4 is 5.56 Å². The van der Waals surface area contributed by atoms with Crippen molar-refractivity contribution in [3.05, 3.63) is 45.3 Å². The van der Waals surface area contributed by atoms with Gasteiger partial charge < -0.3 is 4.90 Å². The zero-order chi connectivity index (χ0) is 16.4. The summed E-state index contributed by atoms with van der Waals surface area (Å²) in [7, 11) is 4.04. The Morgan fingerprint density at radius 2 is 2.04 bits per heavy atom. The summed E-state index contributed by atoms with van der Waals surface area (Å²) < 4.78 is 2.61. The van der Waals surface area contributed by atoms with Crippen LogP contribution in [0.5, 0.6) is 0 Å². The molecule has 6 nitrogen and oxygen atoms in total. The zero-order valence-corrected chi connectivity index (χ0v) is 15.2. The third-order valence-corrected chi connectivity index (χ3v) is 4.75. The van der Waals surface area contributed by atoms with Crippen molar-refractivity contribution in [1.82, 2.24) is 24.6 Å². The minimum atomic E-state index is -0.113. The van der Waals surface area contributed by atoms with Crippen LogP contribution in [0, 0.1) is 0 Å². The van der Waals surface area contributed by atoms with Gasteiger partial charge in [-0.05, 0) is 38.4 Å². The third-order valence-electron chi connectivity index (χ3n) is 3.31. The van der Waals surface area contributed by atoms with Crippen molar-refractivity contribution in [2.24, 2.45) is 0 Å². The second-order valence-electron chi connectivity index (χ2n) is 5.30. The summed E-state index contributed by atoms with van der Waals surface area (Å²) >= 11 is 4.98. The molecule has 1 N–H and O–H groups in total. The van der Waals surface area contributed by atoms with Gasteiger partial charge in [0, 0.05) is 16.8 Å². The van der Waals surface area contributed by atoms with E-state index in [9.17, 15) is 4.79 Å². The van der Waals surface area contributed by atoms with E-state index in [0.717, 1.165) is 22.5 Å². The monoisotopic (exact) mass is 393 g/mol. The molecule has 0 aliphatic rings. The lowest BCUT2D eigenvalue weighted by Crippen LogP contribution is -2.22. The number of nitrogens with one attached hydrogen (secondary N) is 1. The van der Waals surface area contributed by atoms with Crippen molar-refractivity contribution < 1.29 is 0 Å². The summed E-state index contributed by atoms with van der Waals surface area (Å²) in [5, 5.41) is 7.87. The maximum atomic E-state index is 12.8. The Morgan fingerprint density at radius 1 is 1.30 bits per heavy atom. The molecule has 0 saturated carbocycles. The molecule has 0 radical (unpaired) electrons. The Labute approximate surface area is 146 Å². The van der Waals surface area contributed by atoms with Gasteiger partial charge in [-0.1, -0.05) is 27.7 Å². The smallest absolute Gasteiger partial charge is 0.269 e. The van der Waals surface area contributed by atoms with Gasteiger partial charge in [0.25, 0.3) is 5.56 Å². The Bertz CT molecular complexity index is 872. The Morgan fingerprint density at radius 3 is 2.74 bits per heavy atom. The van der Waals surface area contributed by atoms with E-state index in [1.165, 1.54) is 6.20 Å². The number of aromatic amines is 1. The highest BCUT2D eigenvalue weighted by molar-refractivity contribution is 9.10. The van der Waals surface area contributed by atoms with Gasteiger partial charge in [0.05, 0.1) is 11.9 Å². The fraction of sp³-hybridized carbons (Fsp3) is 0.267. The van der Waals surface area contributed by atoms with Crippen molar-refractivity contribution in [2.45, 2.75) is 5.16 Å². The molecule has 120 valence electrons. The van der Waals surface area contributed by atoms with Crippen LogP contribution in [-0.4, -0.2) is 51.0 Å². The summed E-state index contributed by atoms with van der Waals surface area (Å²) in [5.74, 6) is 0.843. The molecule has 1 aromatic carbocycles. The SMILES string of the molecule is CN(C)CCSc1nc2[nH]ncc2c(=O)n1-c1ccc(Br)cc1. The molecular weight excluding hydrogens is 378 g/mol. The molecule has 0 spiro atoms. The van der Waals surface area contributed by atoms with Gasteiger partial charge in [-0.25, -0.2) is 4.98 Å². The van der Waals surface area contributed by atoms with Crippen molar-refractivity contribution >= 4 is 38.7 Å². The van der Waals surface area contributed by atoms with Crippen molar-refractivity contribution in [1.29, 1.82) is 0 Å². The number of aromatic nitrogens is 4. The van der Waals surface area contributed by atoms with Crippen LogP contribution in [0.1, 0.15) is 0 Å². The Kier molecular flexibility index (Phi) is 4.84. The molecular formula is C15H16BrN5OS. The standard InChI is InChI=1S/C15H16BrN5OS/c1-20(2)7-8-23-15-18-13-12(9-17-19-13)14(22)21(15)11-5-3-10(16)4-6-11/h3-6,9H,7-8H2,1-2H3,(H,17,19). The minimum absolute atomic E-state index is 0.113. The van der Waals surface area contributed by atoms with Gasteiger partial charge in [-0.2, -0.15) is 5.10 Å². The van der Waals surface area contributed by atoms with Crippen molar-refractivity contribution in [3.63, 3.8) is 0 Å². The number of benzene rings is 1. The maximum Gasteiger partial charge on any atom is 0.269 e. The lowest BCUT2D eigenvalue weighted by atomic mass is 10.3. The number of thioether (sulfide) groups is 1. The van der Waals surface area contributed by atoms with Crippen molar-refractivity contribution in [3.8, 4) is 5.69 Å². The fourth-order valence-corrected chi connectivity index (χ4v) is 3.48. The minimum Gasteiger partial charge on any atom is -0.309 e. The van der Waals surface area contributed by atoms with E-state index in [4.69, 9.17) is 0 Å². The summed E-state index contributed by atoms with van der Waals surface area (Å²) in [6.07, 6.45) is 1.52. The predicted octanol–water partition coefficient (Wildman–Crippen LogP) is 2.53. The summed E-state index contributed by atoms with van der Waals surface area (Å²) in [6, 6.07) is 7.62. The normalized spacial score (nSPS) is 11.5. The number of hydrogen-bond acceptors (Lipinski definition) is 5. The average Bonchev–Trinajstić information content (AvgIpc) is 2.97. The lowest BCUT2D eigenvalue weighted by molar-refractivity contribution is 0.437. The largest absolute Gasteiger partial charge is 0.309 e. The van der Waals surface area contributed by atoms with Crippen LogP contribution in [-0.2, 0) is 0 Å². The van der Waals surface area contributed by atoms with Gasteiger partial charge in [0.1, 0.15) is 5.39 Å². The number of H-pyrrole nitrogens is 1. The van der Waals surface area contributed by atoms with E-state index >= 15 is 0 Å². The molecule has 0 amide bonds. The van der Waals surface area contributed by atoms with Crippen LogP contribution >= 0.6 is 27.7 Å². The van der Waals surface area contributed by atoms with E-state index in [1.54, 1.807) is 16.3 Å². The van der Waals surface area contributed by atoms with E-state index < -0.39 is 0 Å². The number of rotatable bonds is 5. The lowest BCUT2D eigenvalue weighted by Gasteiger charge is -2.13.